The first-order valence-corrected chi connectivity index (χ1v) is 10.1. The zero-order chi connectivity index (χ0) is 14.3. The fraction of sp³-hybridized carbons (Fsp3) is 0. The van der Waals surface area contributed by atoms with Crippen LogP contribution >= 0.6 is 0 Å². The van der Waals surface area contributed by atoms with Crippen LogP contribution in [-0.2, 0) is 113 Å². The third-order valence-corrected chi connectivity index (χ3v) is 0. The number of hydrogen-bond donors (Lipinski definition) is 0. The second-order valence-corrected chi connectivity index (χ2v) is 4.12. The molecule has 0 rings (SSSR count). The third kappa shape index (κ3) is 528. The van der Waals surface area contributed by atoms with Crippen molar-refractivity contribution in [2.45, 2.75) is 0 Å². The van der Waals surface area contributed by atoms with Crippen LogP contribution in [0.3, 0.4) is 0 Å². The minimum absolute atomic E-state index is 0. The molecule has 0 aromatic rings. The summed E-state index contributed by atoms with van der Waals surface area (Å²) in [5.74, 6) is 0. The van der Waals surface area contributed by atoms with Crippen LogP contribution in [0.2, 0.25) is 0 Å². The Morgan fingerprint density at radius 2 is 0.476 bits per heavy atom. The summed E-state index contributed by atoms with van der Waals surface area (Å²) in [5.41, 5.74) is 0. The Morgan fingerprint density at radius 1 is 0.476 bits per heavy atom. The van der Waals surface area contributed by atoms with E-state index in [0.717, 1.165) is 0 Å². The minimum Gasteiger partial charge on any atom is 2.00 e. The van der Waals surface area contributed by atoms with Gasteiger partial charge in [-0.1, -0.05) is 0 Å². The zero-order valence-corrected chi connectivity index (χ0v) is 29.5. The van der Waals surface area contributed by atoms with E-state index in [4.69, 9.17) is 42.8 Å². The van der Waals surface area contributed by atoms with Crippen LogP contribution in [0.15, 0.2) is 0 Å². The normalized spacial score (nSPS) is 4.95. The molecule has 0 saturated carbocycles. The average molecular weight is 1090 g/mol. The van der Waals surface area contributed by atoms with Gasteiger partial charge < -0.3 is 5.48 Å². The predicted molar refractivity (Wildman–Crippen MR) is 20.7 cm³/mol. The second-order valence-electron chi connectivity index (χ2n) is 1.00. The first kappa shape index (κ1) is 56.2. The minimum atomic E-state index is -4.08. The first-order chi connectivity index (χ1) is 6.93. The summed E-state index contributed by atoms with van der Waals surface area (Å²) in [7, 11) is 0. The summed E-state index contributed by atoms with van der Waals surface area (Å²) in [6.45, 7) is 0. The first-order valence-electron chi connectivity index (χ1n) is 2.45. The van der Waals surface area contributed by atoms with Gasteiger partial charge in [0.1, 0.15) is 0 Å². The van der Waals surface area contributed by atoms with E-state index in [-0.39, 0.29) is 105 Å². The van der Waals surface area contributed by atoms with Crippen LogP contribution in [-0.4, -0.2) is 79.7 Å². The third-order valence-electron chi connectivity index (χ3n) is 0. The van der Waals surface area contributed by atoms with Crippen LogP contribution in [0.4, 0.5) is 0 Å². The van der Waals surface area contributed by atoms with Crippen molar-refractivity contribution in [2.75, 3.05) is 0 Å². The molecular weight excluding hydrogens is 1090 g/mol. The van der Waals surface area contributed by atoms with Crippen molar-refractivity contribution in [3.05, 3.63) is 0 Å². The van der Waals surface area contributed by atoms with Crippen molar-refractivity contribution in [3.8, 4) is 0 Å². The Balaban J connectivity index is -0.0000000121. The van der Waals surface area contributed by atoms with Crippen molar-refractivity contribution in [2.24, 2.45) is 0 Å². The fourth-order valence-corrected chi connectivity index (χ4v) is 0. The maximum atomic E-state index is 8.58. The van der Waals surface area contributed by atoms with E-state index in [2.05, 4.69) is 0 Å². The molecule has 0 aliphatic rings. The summed E-state index contributed by atoms with van der Waals surface area (Å²) in [4.78, 5) is 0. The van der Waals surface area contributed by atoms with Crippen LogP contribution in [0.25, 0.3) is 0 Å². The van der Waals surface area contributed by atoms with E-state index < -0.39 is 74.5 Å². The molecule has 0 amide bonds. The molecule has 0 atom stereocenters. The second kappa shape index (κ2) is 49.8. The molecule has 0 spiro atoms. The van der Waals surface area contributed by atoms with Gasteiger partial charge in [0.2, 0.25) is 0 Å². The van der Waals surface area contributed by atoms with Crippen LogP contribution < -0.4 is 29.5 Å². The van der Waals surface area contributed by atoms with Gasteiger partial charge in [0.15, 0.2) is 0 Å². The Hall–Kier alpha value is 5.01. The van der Waals surface area contributed by atoms with E-state index in [9.17, 15) is 0 Å². The maximum absolute atomic E-state index is 8.58. The zero-order valence-electron chi connectivity index (χ0n) is 9.41. The molecule has 0 bridgehead atoms. The van der Waals surface area contributed by atoms with Gasteiger partial charge in [0.25, 0.3) is 0 Å². The molecule has 0 aliphatic heterocycles. The molecule has 0 aromatic heterocycles. The standard InChI is InChI=1S/2Bi.13O.Pb.4Ti.Zn/q2*+3;;;;;-2;8*-1;+2;;;;;+2. The summed E-state index contributed by atoms with van der Waals surface area (Å²) < 4.78 is 103. The topological polar surface area (TPSA) is 281 Å². The molecule has 0 aliphatic carbocycles. The molecule has 0 saturated heterocycles. The Kier molecular flexibility index (Phi) is 133. The molecule has 0 heterocycles. The summed E-state index contributed by atoms with van der Waals surface area (Å²) in [6, 6.07) is 0. The van der Waals surface area contributed by atoms with Crippen molar-refractivity contribution in [1.82, 2.24) is 0 Å². The van der Waals surface area contributed by atoms with Crippen LogP contribution in [0.1, 0.15) is 0 Å². The van der Waals surface area contributed by atoms with Gasteiger partial charge in [-0.25, -0.2) is 0 Å². The fourth-order valence-electron chi connectivity index (χ4n) is 0. The van der Waals surface area contributed by atoms with Crippen molar-refractivity contribution >= 4 is 79.7 Å². The summed E-state index contributed by atoms with van der Waals surface area (Å²) >= 11 is -16.3. The molecule has 13 nitrogen and oxygen atoms in total. The van der Waals surface area contributed by atoms with Gasteiger partial charge in [-0.3, -0.25) is 0 Å². The quantitative estimate of drug-likeness (QED) is 0.205. The van der Waals surface area contributed by atoms with Gasteiger partial charge in [-0.15, -0.1) is 0 Å². The van der Waals surface area contributed by atoms with Crippen molar-refractivity contribution < 1.29 is 142 Å². The molecule has 21 heteroatoms. The van der Waals surface area contributed by atoms with E-state index in [0.29, 0.717) is 0 Å². The van der Waals surface area contributed by atoms with Crippen LogP contribution in [0, 0.1) is 0 Å². The maximum Gasteiger partial charge on any atom is 2.00 e. The summed E-state index contributed by atoms with van der Waals surface area (Å²) in [6.07, 6.45) is 0. The molecular formula is Bi2O13PbTi4Zn. The average Bonchev–Trinajstić information content (AvgIpc) is 1.76. The van der Waals surface area contributed by atoms with Gasteiger partial charge in [-0.05, 0) is 0 Å². The van der Waals surface area contributed by atoms with Gasteiger partial charge >= 0.3 is 216 Å². The van der Waals surface area contributed by atoms with Crippen molar-refractivity contribution in [3.63, 3.8) is 0 Å². The predicted octanol–water partition coefficient (Wildman–Crippen LogP) is -11.3. The number of rotatable bonds is 0. The van der Waals surface area contributed by atoms with Gasteiger partial charge in [0.05, 0.1) is 0 Å². The molecule has 0 fully saturated rings. The molecule has 21 heavy (non-hydrogen) atoms. The van der Waals surface area contributed by atoms with E-state index in [1.807, 2.05) is 0 Å². The Labute approximate surface area is 217 Å². The molecule has 6 radical (unpaired) electrons. The smallest absolute Gasteiger partial charge is 2.00 e. The molecule has 110 valence electrons. The summed E-state index contributed by atoms with van der Waals surface area (Å²) in [5, 5.41) is 0. The van der Waals surface area contributed by atoms with Crippen LogP contribution in [0.5, 0.6) is 0 Å². The monoisotopic (exact) mass is 1090 g/mol. The largest absolute Gasteiger partial charge is 2.00 e. The van der Waals surface area contributed by atoms with Gasteiger partial charge in [0, 0.05) is 0 Å². The molecule has 0 N–H and O–H groups in total. The molecule has 0 unspecified atom stereocenters. The SMILES string of the molecule is [Bi+3].[Bi+3].[O-2].[O]=[Ti]([O-])[O-].[O]=[Ti]([O-])[O-].[O]=[Ti]([O-])[O-].[O]=[Ti]([O-])[O-].[Pb+2].[Zn+2]. The number of hydrogen-bond acceptors (Lipinski definition) is 12. The van der Waals surface area contributed by atoms with E-state index >= 15 is 0 Å². The van der Waals surface area contributed by atoms with E-state index in [1.165, 1.54) is 0 Å². The molecule has 0 aromatic carbocycles. The Bertz CT molecular complexity index is 174. The van der Waals surface area contributed by atoms with Gasteiger partial charge in [-0.2, -0.15) is 0 Å². The van der Waals surface area contributed by atoms with E-state index in [1.54, 1.807) is 0 Å². The van der Waals surface area contributed by atoms with Crippen molar-refractivity contribution in [1.29, 1.82) is 0 Å². The Morgan fingerprint density at radius 3 is 0.476 bits per heavy atom.